The molecule has 2 N–H and O–H groups in total. The summed E-state index contributed by atoms with van der Waals surface area (Å²) in [6.45, 7) is 2.06. The molecule has 0 fully saturated rings. The number of anilines is 1. The molecule has 3 aromatic rings. The smallest absolute Gasteiger partial charge is 0.134 e. The van der Waals surface area contributed by atoms with Gasteiger partial charge in [-0.25, -0.2) is 8.78 Å². The third-order valence-corrected chi connectivity index (χ3v) is 4.34. The van der Waals surface area contributed by atoms with E-state index in [-0.39, 0.29) is 5.56 Å². The standard InChI is InChI=1S/C22H21F2N/c1-2-3-6-15-13-20(23)22(21(24)14-15)19-8-5-4-7-18(19)16-9-11-17(25)12-10-16/h4-5,7-14H,2-3,6,25H2,1H3. The predicted molar refractivity (Wildman–Crippen MR) is 100 cm³/mol. The molecule has 0 radical (unpaired) electrons. The molecule has 1 nitrogen and oxygen atoms in total. The summed E-state index contributed by atoms with van der Waals surface area (Å²) in [5, 5.41) is 0. The molecule has 0 aliphatic rings. The number of unbranched alkanes of at least 4 members (excludes halogenated alkanes) is 1. The molecule has 0 aliphatic heterocycles. The van der Waals surface area contributed by atoms with Crippen molar-refractivity contribution in [2.45, 2.75) is 26.2 Å². The molecule has 128 valence electrons. The third kappa shape index (κ3) is 3.71. The highest BCUT2D eigenvalue weighted by molar-refractivity contribution is 5.84. The minimum Gasteiger partial charge on any atom is -0.399 e. The highest BCUT2D eigenvalue weighted by Crippen LogP contribution is 2.36. The molecule has 3 heteroatoms. The van der Waals surface area contributed by atoms with Gasteiger partial charge in [0.15, 0.2) is 0 Å². The first-order valence-electron chi connectivity index (χ1n) is 8.53. The maximum Gasteiger partial charge on any atom is 0.134 e. The van der Waals surface area contributed by atoms with Crippen LogP contribution in [0.4, 0.5) is 14.5 Å². The number of nitrogens with two attached hydrogens (primary N) is 1. The molecule has 0 spiro atoms. The first-order valence-corrected chi connectivity index (χ1v) is 8.53. The Balaban J connectivity index is 2.10. The van der Waals surface area contributed by atoms with Crippen LogP contribution in [0, 0.1) is 11.6 Å². The predicted octanol–water partition coefficient (Wildman–Crippen LogP) is 6.22. The van der Waals surface area contributed by atoms with Crippen LogP contribution in [0.3, 0.4) is 0 Å². The Morgan fingerprint density at radius 2 is 1.44 bits per heavy atom. The van der Waals surface area contributed by atoms with E-state index in [9.17, 15) is 8.78 Å². The maximum absolute atomic E-state index is 14.7. The van der Waals surface area contributed by atoms with E-state index >= 15 is 0 Å². The van der Waals surface area contributed by atoms with E-state index in [0.717, 1.165) is 24.0 Å². The molecule has 3 rings (SSSR count). The Bertz CT molecular complexity index is 846. The van der Waals surface area contributed by atoms with Gasteiger partial charge < -0.3 is 5.73 Å². The van der Waals surface area contributed by atoms with Crippen molar-refractivity contribution in [1.82, 2.24) is 0 Å². The van der Waals surface area contributed by atoms with E-state index in [1.165, 1.54) is 12.1 Å². The van der Waals surface area contributed by atoms with Gasteiger partial charge in [0.05, 0.1) is 5.56 Å². The minimum atomic E-state index is -0.519. The molecule has 25 heavy (non-hydrogen) atoms. The summed E-state index contributed by atoms with van der Waals surface area (Å²) in [6.07, 6.45) is 2.59. The molecule has 0 aliphatic carbocycles. The van der Waals surface area contributed by atoms with Gasteiger partial charge in [0, 0.05) is 5.69 Å². The van der Waals surface area contributed by atoms with Gasteiger partial charge in [-0.05, 0) is 59.4 Å². The van der Waals surface area contributed by atoms with Crippen LogP contribution >= 0.6 is 0 Å². The van der Waals surface area contributed by atoms with E-state index in [1.807, 2.05) is 24.3 Å². The van der Waals surface area contributed by atoms with E-state index in [1.54, 1.807) is 24.3 Å². The summed E-state index contributed by atoms with van der Waals surface area (Å²) in [5.74, 6) is -1.04. The highest BCUT2D eigenvalue weighted by Gasteiger charge is 2.17. The maximum atomic E-state index is 14.7. The molecule has 0 amide bonds. The summed E-state index contributed by atoms with van der Waals surface area (Å²) >= 11 is 0. The van der Waals surface area contributed by atoms with Crippen molar-refractivity contribution in [2.24, 2.45) is 0 Å². The Morgan fingerprint density at radius 1 is 0.840 bits per heavy atom. The normalized spacial score (nSPS) is 10.8. The Kier molecular flexibility index (Phi) is 5.13. The van der Waals surface area contributed by atoms with Crippen molar-refractivity contribution < 1.29 is 8.78 Å². The zero-order valence-electron chi connectivity index (χ0n) is 14.2. The second kappa shape index (κ2) is 7.47. The number of halogens is 2. The number of benzene rings is 3. The molecule has 0 bridgehead atoms. The second-order valence-electron chi connectivity index (χ2n) is 6.21. The van der Waals surface area contributed by atoms with E-state index < -0.39 is 11.6 Å². The monoisotopic (exact) mass is 337 g/mol. The van der Waals surface area contributed by atoms with Gasteiger partial charge in [0.1, 0.15) is 11.6 Å². The molecular formula is C22H21F2N. The van der Waals surface area contributed by atoms with Gasteiger partial charge in [-0.3, -0.25) is 0 Å². The van der Waals surface area contributed by atoms with Crippen LogP contribution in [0.1, 0.15) is 25.3 Å². The van der Waals surface area contributed by atoms with Gasteiger partial charge in [0.2, 0.25) is 0 Å². The van der Waals surface area contributed by atoms with Crippen molar-refractivity contribution >= 4 is 5.69 Å². The van der Waals surface area contributed by atoms with E-state index in [2.05, 4.69) is 6.92 Å². The molecule has 3 aromatic carbocycles. The van der Waals surface area contributed by atoms with E-state index in [4.69, 9.17) is 5.73 Å². The molecule has 0 saturated carbocycles. The van der Waals surface area contributed by atoms with Crippen LogP contribution in [-0.2, 0) is 6.42 Å². The molecule has 0 heterocycles. The summed E-state index contributed by atoms with van der Waals surface area (Å²) in [5.41, 5.74) is 9.31. The second-order valence-corrected chi connectivity index (χ2v) is 6.21. The van der Waals surface area contributed by atoms with Crippen LogP contribution in [0.25, 0.3) is 22.3 Å². The van der Waals surface area contributed by atoms with Gasteiger partial charge in [-0.15, -0.1) is 0 Å². The van der Waals surface area contributed by atoms with Crippen molar-refractivity contribution in [1.29, 1.82) is 0 Å². The van der Waals surface area contributed by atoms with Gasteiger partial charge in [-0.1, -0.05) is 49.7 Å². The summed E-state index contributed by atoms with van der Waals surface area (Å²) < 4.78 is 29.4. The zero-order chi connectivity index (χ0) is 17.8. The van der Waals surface area contributed by atoms with Crippen LogP contribution in [-0.4, -0.2) is 0 Å². The number of rotatable bonds is 5. The molecular weight excluding hydrogens is 316 g/mol. The topological polar surface area (TPSA) is 26.0 Å². The largest absolute Gasteiger partial charge is 0.399 e. The number of nitrogen functional groups attached to an aromatic ring is 1. The first-order chi connectivity index (χ1) is 12.1. The lowest BCUT2D eigenvalue weighted by molar-refractivity contribution is 0.584. The van der Waals surface area contributed by atoms with Crippen molar-refractivity contribution in [2.75, 3.05) is 5.73 Å². The molecule has 0 aromatic heterocycles. The third-order valence-electron chi connectivity index (χ3n) is 4.34. The van der Waals surface area contributed by atoms with Crippen LogP contribution in [0.5, 0.6) is 0 Å². The zero-order valence-corrected chi connectivity index (χ0v) is 14.2. The van der Waals surface area contributed by atoms with Gasteiger partial charge in [0.25, 0.3) is 0 Å². The fraction of sp³-hybridized carbons (Fsp3) is 0.182. The summed E-state index contributed by atoms with van der Waals surface area (Å²) in [6, 6.07) is 17.5. The molecule has 0 unspecified atom stereocenters. The lowest BCUT2D eigenvalue weighted by atomic mass is 9.92. The lowest BCUT2D eigenvalue weighted by Gasteiger charge is -2.13. The molecule has 0 atom stereocenters. The first kappa shape index (κ1) is 17.2. The Morgan fingerprint density at radius 3 is 2.04 bits per heavy atom. The number of aryl methyl sites for hydroxylation is 1. The number of hydrogen-bond acceptors (Lipinski definition) is 1. The van der Waals surface area contributed by atoms with Crippen LogP contribution in [0.2, 0.25) is 0 Å². The average molecular weight is 337 g/mol. The average Bonchev–Trinajstić information content (AvgIpc) is 2.61. The highest BCUT2D eigenvalue weighted by atomic mass is 19.1. The fourth-order valence-electron chi connectivity index (χ4n) is 3.02. The van der Waals surface area contributed by atoms with Crippen molar-refractivity contribution in [3.8, 4) is 22.3 Å². The van der Waals surface area contributed by atoms with Crippen molar-refractivity contribution in [3.05, 3.63) is 77.9 Å². The minimum absolute atomic E-state index is 0.0210. The summed E-state index contributed by atoms with van der Waals surface area (Å²) in [4.78, 5) is 0. The Hall–Kier alpha value is -2.68. The number of hydrogen-bond donors (Lipinski definition) is 1. The summed E-state index contributed by atoms with van der Waals surface area (Å²) in [7, 11) is 0. The van der Waals surface area contributed by atoms with Gasteiger partial charge >= 0.3 is 0 Å². The lowest BCUT2D eigenvalue weighted by Crippen LogP contribution is -1.96. The fourth-order valence-corrected chi connectivity index (χ4v) is 3.02. The van der Waals surface area contributed by atoms with Crippen LogP contribution in [0.15, 0.2) is 60.7 Å². The quantitative estimate of drug-likeness (QED) is 0.549. The van der Waals surface area contributed by atoms with E-state index in [0.29, 0.717) is 23.2 Å². The van der Waals surface area contributed by atoms with Crippen LogP contribution < -0.4 is 5.73 Å². The molecule has 0 saturated heterocycles. The Labute approximate surface area is 147 Å². The SMILES string of the molecule is CCCCc1cc(F)c(-c2ccccc2-c2ccc(N)cc2)c(F)c1. The van der Waals surface area contributed by atoms with Gasteiger partial charge in [-0.2, -0.15) is 0 Å². The van der Waals surface area contributed by atoms with Crippen molar-refractivity contribution in [3.63, 3.8) is 0 Å².